The Kier molecular flexibility index (Phi) is 5.19. The first-order valence-corrected chi connectivity index (χ1v) is 9.41. The summed E-state index contributed by atoms with van der Waals surface area (Å²) in [6.45, 7) is 10.9. The lowest BCUT2D eigenvalue weighted by molar-refractivity contribution is 0.184. The number of thiophene rings is 1. The Morgan fingerprint density at radius 3 is 3.00 bits per heavy atom. The molecule has 4 nitrogen and oxygen atoms in total. The topological polar surface area (TPSA) is 44.0 Å². The summed E-state index contributed by atoms with van der Waals surface area (Å²) in [5, 5.41) is 13.5. The van der Waals surface area contributed by atoms with E-state index in [0.717, 1.165) is 25.3 Å². The first-order valence-electron chi connectivity index (χ1n) is 8.53. The molecule has 0 spiro atoms. The van der Waals surface area contributed by atoms with Crippen molar-refractivity contribution in [3.05, 3.63) is 39.8 Å². The molecule has 1 aliphatic heterocycles. The van der Waals surface area contributed by atoms with Gasteiger partial charge in [0.25, 0.3) is 0 Å². The summed E-state index contributed by atoms with van der Waals surface area (Å²) in [6.07, 6.45) is 2.54. The van der Waals surface area contributed by atoms with Crippen LogP contribution in [0.15, 0.2) is 23.6 Å². The van der Waals surface area contributed by atoms with Gasteiger partial charge in [0.2, 0.25) is 0 Å². The summed E-state index contributed by atoms with van der Waals surface area (Å²) < 4.78 is 0. The molecule has 2 N–H and O–H groups in total. The third-order valence-corrected chi connectivity index (χ3v) is 5.31. The molecule has 3 heterocycles. The van der Waals surface area contributed by atoms with Crippen molar-refractivity contribution in [1.82, 2.24) is 20.4 Å². The molecule has 5 heteroatoms. The second-order valence-electron chi connectivity index (χ2n) is 7.56. The average Bonchev–Trinajstić information content (AvgIpc) is 3.16. The molecule has 23 heavy (non-hydrogen) atoms. The quantitative estimate of drug-likeness (QED) is 0.880. The van der Waals surface area contributed by atoms with Crippen LogP contribution in [0.1, 0.15) is 49.9 Å². The highest BCUT2D eigenvalue weighted by molar-refractivity contribution is 7.09. The van der Waals surface area contributed by atoms with Gasteiger partial charge >= 0.3 is 0 Å². The average molecular weight is 333 g/mol. The standard InChI is InChI=1S/C18H28N4S/c1-18(2,3)17-10-15(20-21-17)11-19-14-6-4-8-22(12-14)13-16-7-5-9-23-16/h5,7,9-10,14,19H,4,6,8,11-13H2,1-3H3,(H,20,21). The predicted molar refractivity (Wildman–Crippen MR) is 96.7 cm³/mol. The number of nitrogens with one attached hydrogen (secondary N) is 2. The van der Waals surface area contributed by atoms with Crippen molar-refractivity contribution in [2.75, 3.05) is 13.1 Å². The van der Waals surface area contributed by atoms with Gasteiger partial charge in [0.15, 0.2) is 0 Å². The Hall–Kier alpha value is -1.17. The molecule has 1 unspecified atom stereocenters. The minimum absolute atomic E-state index is 0.108. The van der Waals surface area contributed by atoms with Gasteiger partial charge in [-0.15, -0.1) is 11.3 Å². The van der Waals surface area contributed by atoms with Gasteiger partial charge < -0.3 is 5.32 Å². The van der Waals surface area contributed by atoms with Gasteiger partial charge in [-0.1, -0.05) is 26.8 Å². The Balaban J connectivity index is 1.49. The molecule has 0 saturated carbocycles. The van der Waals surface area contributed by atoms with Crippen LogP contribution in [0.3, 0.4) is 0 Å². The van der Waals surface area contributed by atoms with Crippen LogP contribution in [-0.4, -0.2) is 34.2 Å². The molecule has 3 rings (SSSR count). The fourth-order valence-electron chi connectivity index (χ4n) is 3.08. The van der Waals surface area contributed by atoms with Crippen molar-refractivity contribution in [2.45, 2.75) is 58.2 Å². The maximum absolute atomic E-state index is 4.44. The number of piperidine rings is 1. The van der Waals surface area contributed by atoms with Crippen LogP contribution in [0.2, 0.25) is 0 Å². The van der Waals surface area contributed by atoms with Crippen molar-refractivity contribution in [3.8, 4) is 0 Å². The zero-order chi connectivity index (χ0) is 16.3. The third kappa shape index (κ3) is 4.66. The summed E-state index contributed by atoms with van der Waals surface area (Å²) in [5.74, 6) is 0. The molecular weight excluding hydrogens is 304 g/mol. The van der Waals surface area contributed by atoms with E-state index in [9.17, 15) is 0 Å². The van der Waals surface area contributed by atoms with E-state index < -0.39 is 0 Å². The number of hydrogen-bond donors (Lipinski definition) is 2. The highest BCUT2D eigenvalue weighted by atomic mass is 32.1. The van der Waals surface area contributed by atoms with Crippen molar-refractivity contribution < 1.29 is 0 Å². The predicted octanol–water partition coefficient (Wildman–Crippen LogP) is 3.52. The summed E-state index contributed by atoms with van der Waals surface area (Å²) in [6, 6.07) is 7.15. The number of aromatic nitrogens is 2. The number of rotatable bonds is 5. The summed E-state index contributed by atoms with van der Waals surface area (Å²) in [4.78, 5) is 4.04. The molecule has 0 amide bonds. The maximum Gasteiger partial charge on any atom is 0.0678 e. The van der Waals surface area contributed by atoms with E-state index in [1.807, 2.05) is 11.3 Å². The van der Waals surface area contributed by atoms with Crippen LogP contribution in [0.25, 0.3) is 0 Å². The van der Waals surface area contributed by atoms with E-state index in [2.05, 4.69) is 64.8 Å². The number of H-pyrrole nitrogens is 1. The fourth-order valence-corrected chi connectivity index (χ4v) is 3.83. The van der Waals surface area contributed by atoms with Crippen LogP contribution < -0.4 is 5.32 Å². The van der Waals surface area contributed by atoms with E-state index in [1.165, 1.54) is 30.0 Å². The highest BCUT2D eigenvalue weighted by Crippen LogP contribution is 2.21. The number of nitrogens with zero attached hydrogens (tertiary/aromatic N) is 2. The first-order chi connectivity index (χ1) is 11.0. The zero-order valence-electron chi connectivity index (χ0n) is 14.4. The monoisotopic (exact) mass is 332 g/mol. The summed E-state index contributed by atoms with van der Waals surface area (Å²) in [5.41, 5.74) is 2.43. The number of hydrogen-bond acceptors (Lipinski definition) is 4. The maximum atomic E-state index is 4.44. The molecular formula is C18H28N4S. The molecule has 0 aliphatic carbocycles. The van der Waals surface area contributed by atoms with E-state index in [1.54, 1.807) is 0 Å². The van der Waals surface area contributed by atoms with Gasteiger partial charge in [0.05, 0.1) is 5.69 Å². The highest BCUT2D eigenvalue weighted by Gasteiger charge is 2.21. The molecule has 1 atom stereocenters. The molecule has 1 fully saturated rings. The second-order valence-corrected chi connectivity index (χ2v) is 8.60. The molecule has 2 aromatic heterocycles. The molecule has 1 saturated heterocycles. The Morgan fingerprint density at radius 2 is 2.30 bits per heavy atom. The smallest absolute Gasteiger partial charge is 0.0678 e. The molecule has 2 aromatic rings. The lowest BCUT2D eigenvalue weighted by Gasteiger charge is -2.32. The van der Waals surface area contributed by atoms with Crippen molar-refractivity contribution in [3.63, 3.8) is 0 Å². The van der Waals surface area contributed by atoms with Crippen LogP contribution in [0, 0.1) is 0 Å². The zero-order valence-corrected chi connectivity index (χ0v) is 15.2. The van der Waals surface area contributed by atoms with E-state index in [0.29, 0.717) is 6.04 Å². The lowest BCUT2D eigenvalue weighted by Crippen LogP contribution is -2.44. The fraction of sp³-hybridized carbons (Fsp3) is 0.611. The molecule has 0 aromatic carbocycles. The van der Waals surface area contributed by atoms with Gasteiger partial charge in [0.1, 0.15) is 0 Å². The van der Waals surface area contributed by atoms with E-state index in [4.69, 9.17) is 0 Å². The van der Waals surface area contributed by atoms with Gasteiger partial charge in [-0.2, -0.15) is 5.10 Å². The van der Waals surface area contributed by atoms with Gasteiger partial charge in [-0.25, -0.2) is 0 Å². The minimum atomic E-state index is 0.108. The molecule has 0 radical (unpaired) electrons. The normalized spacial score (nSPS) is 20.0. The van der Waals surface area contributed by atoms with Gasteiger partial charge in [-0.05, 0) is 36.9 Å². The van der Waals surface area contributed by atoms with Crippen LogP contribution in [0.4, 0.5) is 0 Å². The van der Waals surface area contributed by atoms with Crippen LogP contribution >= 0.6 is 11.3 Å². The number of aromatic amines is 1. The third-order valence-electron chi connectivity index (χ3n) is 4.45. The van der Waals surface area contributed by atoms with Gasteiger partial charge in [0, 0.05) is 41.7 Å². The summed E-state index contributed by atoms with van der Waals surface area (Å²) in [7, 11) is 0. The van der Waals surface area contributed by atoms with E-state index in [-0.39, 0.29) is 5.41 Å². The molecule has 0 bridgehead atoms. The Labute approximate surface area is 143 Å². The minimum Gasteiger partial charge on any atom is -0.307 e. The lowest BCUT2D eigenvalue weighted by atomic mass is 9.92. The van der Waals surface area contributed by atoms with Gasteiger partial charge in [-0.3, -0.25) is 10.00 Å². The van der Waals surface area contributed by atoms with Crippen molar-refractivity contribution in [2.24, 2.45) is 0 Å². The summed E-state index contributed by atoms with van der Waals surface area (Å²) >= 11 is 1.86. The second kappa shape index (κ2) is 7.16. The van der Waals surface area contributed by atoms with Crippen molar-refractivity contribution in [1.29, 1.82) is 0 Å². The van der Waals surface area contributed by atoms with Crippen LogP contribution in [-0.2, 0) is 18.5 Å². The Morgan fingerprint density at radius 1 is 1.43 bits per heavy atom. The Bertz CT molecular complexity index is 597. The largest absolute Gasteiger partial charge is 0.307 e. The first kappa shape index (κ1) is 16.7. The molecule has 126 valence electrons. The van der Waals surface area contributed by atoms with E-state index >= 15 is 0 Å². The number of likely N-dealkylation sites (tertiary alicyclic amines) is 1. The van der Waals surface area contributed by atoms with Crippen molar-refractivity contribution >= 4 is 11.3 Å². The molecule has 1 aliphatic rings. The SMILES string of the molecule is CC(C)(C)c1cc(CNC2CCCN(Cc3cccs3)C2)[nH]n1. The van der Waals surface area contributed by atoms with Crippen LogP contribution in [0.5, 0.6) is 0 Å².